The van der Waals surface area contributed by atoms with Gasteiger partial charge >= 0.3 is 0 Å². The van der Waals surface area contributed by atoms with Gasteiger partial charge in [0, 0.05) is 24.7 Å². The van der Waals surface area contributed by atoms with Gasteiger partial charge in [0.05, 0.1) is 6.04 Å². The number of likely N-dealkylation sites (tertiary alicyclic amines) is 1. The van der Waals surface area contributed by atoms with E-state index in [9.17, 15) is 8.78 Å². The van der Waals surface area contributed by atoms with Gasteiger partial charge in [0.2, 0.25) is 0 Å². The van der Waals surface area contributed by atoms with Crippen LogP contribution in [0.2, 0.25) is 0 Å². The van der Waals surface area contributed by atoms with Gasteiger partial charge < -0.3 is 5.73 Å². The Balaban J connectivity index is 1.93. The van der Waals surface area contributed by atoms with Gasteiger partial charge in [-0.15, -0.1) is 0 Å². The Morgan fingerprint density at radius 2 is 2.00 bits per heavy atom. The molecule has 1 aliphatic heterocycles. The van der Waals surface area contributed by atoms with Crippen molar-refractivity contribution in [2.45, 2.75) is 31.3 Å². The summed E-state index contributed by atoms with van der Waals surface area (Å²) in [4.78, 5) is 2.20. The van der Waals surface area contributed by atoms with Gasteiger partial charge in [0.1, 0.15) is 11.6 Å². The van der Waals surface area contributed by atoms with E-state index in [2.05, 4.69) is 4.90 Å². The summed E-state index contributed by atoms with van der Waals surface area (Å²) in [7, 11) is 0. The van der Waals surface area contributed by atoms with E-state index in [4.69, 9.17) is 5.73 Å². The highest BCUT2D eigenvalue weighted by atomic mass is 19.1. The SMILES string of the molecule is NCC(c1c(F)cccc1F)N1CC2CCC1C2. The number of nitrogens with two attached hydrogens (primary N) is 1. The smallest absolute Gasteiger partial charge is 0.130 e. The fourth-order valence-corrected chi connectivity index (χ4v) is 3.59. The van der Waals surface area contributed by atoms with E-state index in [-0.39, 0.29) is 18.2 Å². The number of benzene rings is 1. The molecule has 1 saturated carbocycles. The predicted molar refractivity (Wildman–Crippen MR) is 66.0 cm³/mol. The summed E-state index contributed by atoms with van der Waals surface area (Å²) in [5.41, 5.74) is 5.93. The van der Waals surface area contributed by atoms with E-state index in [1.54, 1.807) is 0 Å². The monoisotopic (exact) mass is 252 g/mol. The quantitative estimate of drug-likeness (QED) is 0.895. The second-order valence-corrected chi connectivity index (χ2v) is 5.42. The Kier molecular flexibility index (Phi) is 3.08. The van der Waals surface area contributed by atoms with Crippen LogP contribution in [-0.4, -0.2) is 24.0 Å². The average Bonchev–Trinajstić information content (AvgIpc) is 2.96. The second kappa shape index (κ2) is 4.59. The van der Waals surface area contributed by atoms with Crippen molar-refractivity contribution >= 4 is 0 Å². The fourth-order valence-electron chi connectivity index (χ4n) is 3.59. The summed E-state index contributed by atoms with van der Waals surface area (Å²) in [5.74, 6) is -0.264. The summed E-state index contributed by atoms with van der Waals surface area (Å²) in [6, 6.07) is 4.17. The van der Waals surface area contributed by atoms with Crippen LogP contribution in [0.4, 0.5) is 8.78 Å². The molecule has 0 aromatic heterocycles. The largest absolute Gasteiger partial charge is 0.329 e. The zero-order valence-electron chi connectivity index (χ0n) is 10.3. The summed E-state index contributed by atoms with van der Waals surface area (Å²) in [5, 5.41) is 0. The topological polar surface area (TPSA) is 29.3 Å². The van der Waals surface area contributed by atoms with Gasteiger partial charge in [0.15, 0.2) is 0 Å². The number of hydrogen-bond donors (Lipinski definition) is 1. The van der Waals surface area contributed by atoms with Crippen LogP contribution >= 0.6 is 0 Å². The number of nitrogens with zero attached hydrogens (tertiary/aromatic N) is 1. The van der Waals surface area contributed by atoms with Crippen molar-refractivity contribution in [3.05, 3.63) is 35.4 Å². The third kappa shape index (κ3) is 1.84. The van der Waals surface area contributed by atoms with Crippen molar-refractivity contribution in [3.8, 4) is 0 Å². The lowest BCUT2D eigenvalue weighted by molar-refractivity contribution is 0.147. The number of piperidine rings is 1. The Morgan fingerprint density at radius 1 is 1.28 bits per heavy atom. The minimum absolute atomic E-state index is 0.146. The predicted octanol–water partition coefficient (Wildman–Crippen LogP) is 2.45. The van der Waals surface area contributed by atoms with Crippen molar-refractivity contribution < 1.29 is 8.78 Å². The molecule has 1 saturated heterocycles. The van der Waals surface area contributed by atoms with E-state index >= 15 is 0 Å². The van der Waals surface area contributed by atoms with Crippen LogP contribution in [0, 0.1) is 17.6 Å². The van der Waals surface area contributed by atoms with Crippen LogP contribution in [0.3, 0.4) is 0 Å². The lowest BCUT2D eigenvalue weighted by Gasteiger charge is -2.34. The molecule has 1 heterocycles. The molecule has 1 aromatic carbocycles. The number of hydrogen-bond acceptors (Lipinski definition) is 2. The van der Waals surface area contributed by atoms with E-state index in [1.807, 2.05) is 0 Å². The molecule has 4 heteroatoms. The van der Waals surface area contributed by atoms with Gasteiger partial charge in [-0.2, -0.15) is 0 Å². The van der Waals surface area contributed by atoms with Crippen molar-refractivity contribution in [2.24, 2.45) is 11.7 Å². The first-order chi connectivity index (χ1) is 8.70. The average molecular weight is 252 g/mol. The summed E-state index contributed by atoms with van der Waals surface area (Å²) < 4.78 is 27.7. The molecular formula is C14H18F2N2. The van der Waals surface area contributed by atoms with Crippen molar-refractivity contribution in [2.75, 3.05) is 13.1 Å². The van der Waals surface area contributed by atoms with E-state index < -0.39 is 11.6 Å². The summed E-state index contributed by atoms with van der Waals surface area (Å²) in [6.07, 6.45) is 3.54. The summed E-state index contributed by atoms with van der Waals surface area (Å²) >= 11 is 0. The van der Waals surface area contributed by atoms with Gasteiger partial charge in [0.25, 0.3) is 0 Å². The molecule has 0 spiro atoms. The molecule has 0 amide bonds. The number of fused-ring (bicyclic) bond motifs is 2. The van der Waals surface area contributed by atoms with E-state index in [1.165, 1.54) is 24.6 Å². The normalized spacial score (nSPS) is 28.8. The zero-order chi connectivity index (χ0) is 12.7. The molecule has 1 aliphatic carbocycles. The molecular weight excluding hydrogens is 234 g/mol. The van der Waals surface area contributed by atoms with E-state index in [0.717, 1.165) is 19.4 Å². The molecule has 98 valence electrons. The van der Waals surface area contributed by atoms with Gasteiger partial charge in [-0.1, -0.05) is 6.07 Å². The van der Waals surface area contributed by atoms with Crippen LogP contribution in [0.25, 0.3) is 0 Å². The molecule has 3 unspecified atom stereocenters. The molecule has 2 N–H and O–H groups in total. The maximum absolute atomic E-state index is 13.9. The lowest BCUT2D eigenvalue weighted by atomic mass is 10.0. The third-order valence-electron chi connectivity index (χ3n) is 4.41. The third-order valence-corrected chi connectivity index (χ3v) is 4.41. The van der Waals surface area contributed by atoms with Crippen LogP contribution in [0.1, 0.15) is 30.9 Å². The highest BCUT2D eigenvalue weighted by Gasteiger charge is 2.42. The first-order valence-corrected chi connectivity index (χ1v) is 6.60. The van der Waals surface area contributed by atoms with Crippen molar-refractivity contribution in [3.63, 3.8) is 0 Å². The van der Waals surface area contributed by atoms with Gasteiger partial charge in [-0.3, -0.25) is 4.90 Å². The molecule has 2 aliphatic rings. The van der Waals surface area contributed by atoms with Crippen LogP contribution < -0.4 is 5.73 Å². The summed E-state index contributed by atoms with van der Waals surface area (Å²) in [6.45, 7) is 1.20. The fraction of sp³-hybridized carbons (Fsp3) is 0.571. The number of rotatable bonds is 3. The second-order valence-electron chi connectivity index (χ2n) is 5.42. The Labute approximate surface area is 106 Å². The molecule has 1 aromatic rings. The van der Waals surface area contributed by atoms with Gasteiger partial charge in [-0.25, -0.2) is 8.78 Å². The maximum atomic E-state index is 13.9. The molecule has 2 nitrogen and oxygen atoms in total. The molecule has 3 rings (SSSR count). The lowest BCUT2D eigenvalue weighted by Crippen LogP contribution is -2.40. The Hall–Kier alpha value is -1.00. The highest BCUT2D eigenvalue weighted by molar-refractivity contribution is 5.24. The van der Waals surface area contributed by atoms with Crippen molar-refractivity contribution in [1.29, 1.82) is 0 Å². The van der Waals surface area contributed by atoms with Crippen LogP contribution in [0.5, 0.6) is 0 Å². The highest BCUT2D eigenvalue weighted by Crippen LogP contribution is 2.42. The number of halogens is 2. The van der Waals surface area contributed by atoms with Crippen LogP contribution in [-0.2, 0) is 0 Å². The standard InChI is InChI=1S/C14H18F2N2/c15-11-2-1-3-12(16)14(11)13(7-17)18-8-9-4-5-10(18)6-9/h1-3,9-10,13H,4-8,17H2. The first kappa shape index (κ1) is 12.1. The molecule has 2 fully saturated rings. The van der Waals surface area contributed by atoms with Gasteiger partial charge in [-0.05, 0) is 37.3 Å². The molecule has 3 atom stereocenters. The Bertz CT molecular complexity index is 429. The van der Waals surface area contributed by atoms with E-state index in [0.29, 0.717) is 12.0 Å². The Morgan fingerprint density at radius 3 is 2.50 bits per heavy atom. The maximum Gasteiger partial charge on any atom is 0.130 e. The molecule has 0 radical (unpaired) electrons. The molecule has 2 bridgehead atoms. The minimum Gasteiger partial charge on any atom is -0.329 e. The first-order valence-electron chi connectivity index (χ1n) is 6.60. The van der Waals surface area contributed by atoms with Crippen molar-refractivity contribution in [1.82, 2.24) is 4.90 Å². The van der Waals surface area contributed by atoms with Crippen LogP contribution in [0.15, 0.2) is 18.2 Å². The minimum atomic E-state index is -0.478. The zero-order valence-corrected chi connectivity index (χ0v) is 10.3. The molecule has 18 heavy (non-hydrogen) atoms.